The average molecular weight is 403 g/mol. The van der Waals surface area contributed by atoms with Gasteiger partial charge >= 0.3 is 0 Å². The molecule has 2 rings (SSSR count). The Bertz CT molecular complexity index is 636. The smallest absolute Gasteiger partial charge is 0.240 e. The van der Waals surface area contributed by atoms with E-state index in [9.17, 15) is 13.2 Å². The van der Waals surface area contributed by atoms with Gasteiger partial charge in [0.2, 0.25) is 15.9 Å². The van der Waals surface area contributed by atoms with E-state index in [1.807, 2.05) is 4.90 Å². The number of sulfonamides is 1. The van der Waals surface area contributed by atoms with Crippen molar-refractivity contribution >= 4 is 31.9 Å². The maximum absolute atomic E-state index is 12.2. The number of nitrogens with one attached hydrogen (secondary N) is 1. The number of nitrogens with zero attached hydrogens (tertiary/aromatic N) is 1. The molecule has 0 spiro atoms. The van der Waals surface area contributed by atoms with Crippen LogP contribution in [0.5, 0.6) is 0 Å². The van der Waals surface area contributed by atoms with Crippen LogP contribution in [0.2, 0.25) is 0 Å². The Kier molecular flexibility index (Phi) is 6.22. The van der Waals surface area contributed by atoms with Crippen LogP contribution >= 0.6 is 15.9 Å². The zero-order chi connectivity index (χ0) is 17.0. The average Bonchev–Trinajstić information content (AvgIpc) is 2.46. The van der Waals surface area contributed by atoms with E-state index in [0.717, 1.165) is 24.0 Å². The Morgan fingerprint density at radius 3 is 2.35 bits per heavy atom. The predicted molar refractivity (Wildman–Crippen MR) is 93.5 cm³/mol. The standard InChI is InChI=1S/C16H23BrN2O3S/c1-12-9-13(2)11-19(10-12)16(20)7-8-18-23(21,22)15-5-3-14(17)4-6-15/h3-6,12-13,18H,7-11H2,1-2H3. The summed E-state index contributed by atoms with van der Waals surface area (Å²) >= 11 is 3.27. The molecule has 1 fully saturated rings. The molecule has 1 aliphatic heterocycles. The first-order valence-corrected chi connectivity index (χ1v) is 10.1. The summed E-state index contributed by atoms with van der Waals surface area (Å²) in [5.41, 5.74) is 0. The Balaban J connectivity index is 1.86. The summed E-state index contributed by atoms with van der Waals surface area (Å²) in [5.74, 6) is 1.02. The molecule has 2 atom stereocenters. The van der Waals surface area contributed by atoms with Crippen molar-refractivity contribution in [2.24, 2.45) is 11.8 Å². The number of piperidine rings is 1. The van der Waals surface area contributed by atoms with E-state index in [4.69, 9.17) is 0 Å². The molecule has 1 amide bonds. The molecular weight excluding hydrogens is 380 g/mol. The molecule has 2 unspecified atom stereocenters. The van der Waals surface area contributed by atoms with Crippen molar-refractivity contribution < 1.29 is 13.2 Å². The van der Waals surface area contributed by atoms with Gasteiger partial charge in [0, 0.05) is 30.5 Å². The van der Waals surface area contributed by atoms with Gasteiger partial charge in [0.1, 0.15) is 0 Å². The van der Waals surface area contributed by atoms with E-state index in [1.54, 1.807) is 12.1 Å². The molecule has 0 radical (unpaired) electrons. The molecule has 7 heteroatoms. The van der Waals surface area contributed by atoms with Gasteiger partial charge in [0.05, 0.1) is 4.90 Å². The zero-order valence-electron chi connectivity index (χ0n) is 13.5. The monoisotopic (exact) mass is 402 g/mol. The molecule has 1 saturated heterocycles. The third-order valence-corrected chi connectivity index (χ3v) is 5.98. The second-order valence-electron chi connectivity index (χ2n) is 6.35. The molecule has 0 aliphatic carbocycles. The molecule has 1 heterocycles. The van der Waals surface area contributed by atoms with Crippen LogP contribution in [0.1, 0.15) is 26.7 Å². The lowest BCUT2D eigenvalue weighted by Gasteiger charge is -2.35. The zero-order valence-corrected chi connectivity index (χ0v) is 15.9. The highest BCUT2D eigenvalue weighted by Crippen LogP contribution is 2.21. The van der Waals surface area contributed by atoms with Crippen molar-refractivity contribution in [2.75, 3.05) is 19.6 Å². The van der Waals surface area contributed by atoms with Gasteiger partial charge in [-0.25, -0.2) is 13.1 Å². The molecule has 128 valence electrons. The second-order valence-corrected chi connectivity index (χ2v) is 9.03. The number of benzene rings is 1. The van der Waals surface area contributed by atoms with E-state index in [1.165, 1.54) is 12.1 Å². The van der Waals surface area contributed by atoms with E-state index < -0.39 is 10.0 Å². The van der Waals surface area contributed by atoms with Crippen LogP contribution in [0.4, 0.5) is 0 Å². The first-order valence-electron chi connectivity index (χ1n) is 7.81. The largest absolute Gasteiger partial charge is 0.342 e. The number of amides is 1. The molecule has 5 nitrogen and oxygen atoms in total. The van der Waals surface area contributed by atoms with Gasteiger partial charge in [0.15, 0.2) is 0 Å². The molecule has 1 aromatic rings. The van der Waals surface area contributed by atoms with Crippen LogP contribution in [0.3, 0.4) is 0 Å². The quantitative estimate of drug-likeness (QED) is 0.822. The number of halogens is 1. The van der Waals surface area contributed by atoms with Crippen LogP contribution in [0.25, 0.3) is 0 Å². The van der Waals surface area contributed by atoms with Crippen molar-refractivity contribution in [2.45, 2.75) is 31.6 Å². The first kappa shape index (κ1) is 18.4. The lowest BCUT2D eigenvalue weighted by atomic mass is 9.92. The molecule has 1 N–H and O–H groups in total. The van der Waals surface area contributed by atoms with Gasteiger partial charge in [-0.1, -0.05) is 29.8 Å². The van der Waals surface area contributed by atoms with Crippen LogP contribution in [0, 0.1) is 11.8 Å². The number of carbonyl (C=O) groups is 1. The topological polar surface area (TPSA) is 66.5 Å². The summed E-state index contributed by atoms with van der Waals surface area (Å²) in [7, 11) is -3.57. The highest BCUT2D eigenvalue weighted by molar-refractivity contribution is 9.10. The van der Waals surface area contributed by atoms with Gasteiger partial charge < -0.3 is 4.90 Å². The Labute approximate surface area is 146 Å². The van der Waals surface area contributed by atoms with Gasteiger partial charge in [-0.15, -0.1) is 0 Å². The van der Waals surface area contributed by atoms with Crippen LogP contribution in [-0.4, -0.2) is 38.9 Å². The maximum Gasteiger partial charge on any atom is 0.240 e. The molecule has 0 saturated carbocycles. The number of hydrogen-bond acceptors (Lipinski definition) is 3. The van der Waals surface area contributed by atoms with Gasteiger partial charge in [0.25, 0.3) is 0 Å². The first-order chi connectivity index (χ1) is 10.8. The van der Waals surface area contributed by atoms with E-state index >= 15 is 0 Å². The Hall–Kier alpha value is -0.920. The van der Waals surface area contributed by atoms with E-state index in [0.29, 0.717) is 11.8 Å². The minimum absolute atomic E-state index is 0.0157. The second kappa shape index (κ2) is 7.77. The van der Waals surface area contributed by atoms with Crippen molar-refractivity contribution in [1.82, 2.24) is 9.62 Å². The van der Waals surface area contributed by atoms with Crippen LogP contribution in [-0.2, 0) is 14.8 Å². The highest BCUT2D eigenvalue weighted by atomic mass is 79.9. The lowest BCUT2D eigenvalue weighted by Crippen LogP contribution is -2.43. The van der Waals surface area contributed by atoms with Crippen molar-refractivity contribution in [3.05, 3.63) is 28.7 Å². The fourth-order valence-corrected chi connectivity index (χ4v) is 4.31. The summed E-state index contributed by atoms with van der Waals surface area (Å²) in [6, 6.07) is 6.41. The fourth-order valence-electron chi connectivity index (χ4n) is 3.01. The van der Waals surface area contributed by atoms with Gasteiger partial charge in [-0.3, -0.25) is 4.79 Å². The number of hydrogen-bond donors (Lipinski definition) is 1. The van der Waals surface area contributed by atoms with Crippen molar-refractivity contribution in [1.29, 1.82) is 0 Å². The number of likely N-dealkylation sites (tertiary alicyclic amines) is 1. The summed E-state index contributed by atoms with van der Waals surface area (Å²) in [5, 5.41) is 0. The highest BCUT2D eigenvalue weighted by Gasteiger charge is 2.25. The van der Waals surface area contributed by atoms with Gasteiger partial charge in [-0.2, -0.15) is 0 Å². The molecule has 23 heavy (non-hydrogen) atoms. The third-order valence-electron chi connectivity index (χ3n) is 3.98. The fraction of sp³-hybridized carbons (Fsp3) is 0.562. The molecule has 0 aromatic heterocycles. The molecule has 1 aliphatic rings. The normalized spacial score (nSPS) is 22.1. The summed E-state index contributed by atoms with van der Waals surface area (Å²) in [4.78, 5) is 14.3. The van der Waals surface area contributed by atoms with E-state index in [-0.39, 0.29) is 23.8 Å². The SMILES string of the molecule is CC1CC(C)CN(C(=O)CCNS(=O)(=O)c2ccc(Br)cc2)C1. The minimum Gasteiger partial charge on any atom is -0.342 e. The van der Waals surface area contributed by atoms with Gasteiger partial charge in [-0.05, 0) is 42.5 Å². The summed E-state index contributed by atoms with van der Waals surface area (Å²) < 4.78 is 27.6. The lowest BCUT2D eigenvalue weighted by molar-refractivity contribution is -0.133. The molecule has 0 bridgehead atoms. The summed E-state index contributed by atoms with van der Waals surface area (Å²) in [6.45, 7) is 5.94. The number of carbonyl (C=O) groups excluding carboxylic acids is 1. The molecular formula is C16H23BrN2O3S. The minimum atomic E-state index is -3.57. The maximum atomic E-state index is 12.2. The Morgan fingerprint density at radius 2 is 1.78 bits per heavy atom. The van der Waals surface area contributed by atoms with Crippen LogP contribution in [0.15, 0.2) is 33.6 Å². The van der Waals surface area contributed by atoms with Crippen molar-refractivity contribution in [3.63, 3.8) is 0 Å². The Morgan fingerprint density at radius 1 is 1.22 bits per heavy atom. The van der Waals surface area contributed by atoms with Crippen LogP contribution < -0.4 is 4.72 Å². The summed E-state index contributed by atoms with van der Waals surface area (Å²) in [6.07, 6.45) is 1.33. The van der Waals surface area contributed by atoms with Crippen molar-refractivity contribution in [3.8, 4) is 0 Å². The van der Waals surface area contributed by atoms with E-state index in [2.05, 4.69) is 34.5 Å². The predicted octanol–water partition coefficient (Wildman–Crippen LogP) is 2.62. The third kappa shape index (κ3) is 5.29. The molecule has 1 aromatic carbocycles. The number of rotatable bonds is 5.